The molecule has 1 heterocycles. The van der Waals surface area contributed by atoms with Crippen LogP contribution in [0.4, 0.5) is 13.2 Å². The Hall–Kier alpha value is -2.03. The van der Waals surface area contributed by atoms with Gasteiger partial charge >= 0.3 is 12.3 Å². The lowest BCUT2D eigenvalue weighted by Gasteiger charge is -2.15. The van der Waals surface area contributed by atoms with Crippen molar-refractivity contribution in [2.24, 2.45) is 5.73 Å². The van der Waals surface area contributed by atoms with E-state index < -0.39 is 29.4 Å². The van der Waals surface area contributed by atoms with E-state index in [1.165, 1.54) is 0 Å². The van der Waals surface area contributed by atoms with Gasteiger partial charge in [0.25, 0.3) is 0 Å². The number of aromatic carboxylic acids is 1. The average molecular weight is 266 g/mol. The van der Waals surface area contributed by atoms with Crippen LogP contribution in [0.5, 0.6) is 11.5 Å². The molecule has 6 nitrogen and oxygen atoms in total. The zero-order chi connectivity index (χ0) is 13.9. The molecular weight excluding hydrogens is 257 g/mol. The molecule has 0 aliphatic carbocycles. The van der Waals surface area contributed by atoms with Crippen molar-refractivity contribution < 1.29 is 32.5 Å². The van der Waals surface area contributed by atoms with Crippen LogP contribution in [0.3, 0.4) is 0 Å². The van der Waals surface area contributed by atoms with Gasteiger partial charge in [0, 0.05) is 6.54 Å². The molecule has 100 valence electrons. The summed E-state index contributed by atoms with van der Waals surface area (Å²) in [4.78, 5) is 14.5. The number of pyridine rings is 1. The highest BCUT2D eigenvalue weighted by atomic mass is 19.4. The van der Waals surface area contributed by atoms with E-state index in [4.69, 9.17) is 10.8 Å². The van der Waals surface area contributed by atoms with Gasteiger partial charge in [-0.2, -0.15) is 0 Å². The Morgan fingerprint density at radius 1 is 1.56 bits per heavy atom. The first-order valence-corrected chi connectivity index (χ1v) is 4.55. The predicted octanol–water partition coefficient (Wildman–Crippen LogP) is 1.15. The molecule has 1 aromatic heterocycles. The van der Waals surface area contributed by atoms with E-state index in [1.807, 2.05) is 0 Å². The Labute approximate surface area is 99.1 Å². The largest absolute Gasteiger partial charge is 0.573 e. The van der Waals surface area contributed by atoms with Crippen LogP contribution in [-0.2, 0) is 6.54 Å². The summed E-state index contributed by atoms with van der Waals surface area (Å²) in [6.45, 7) is -0.260. The van der Waals surface area contributed by atoms with Gasteiger partial charge in [0.05, 0.1) is 19.0 Å². The zero-order valence-electron chi connectivity index (χ0n) is 9.11. The summed E-state index contributed by atoms with van der Waals surface area (Å²) < 4.78 is 44.5. The average Bonchev–Trinajstić information content (AvgIpc) is 2.26. The molecule has 1 rings (SSSR count). The first kappa shape index (κ1) is 14.0. The molecular formula is C9H9F3N2O4. The fourth-order valence-electron chi connectivity index (χ4n) is 1.29. The van der Waals surface area contributed by atoms with Gasteiger partial charge in [-0.15, -0.1) is 13.2 Å². The molecule has 3 N–H and O–H groups in total. The number of methoxy groups -OCH3 is 1. The van der Waals surface area contributed by atoms with Gasteiger partial charge in [0.2, 0.25) is 0 Å². The quantitative estimate of drug-likeness (QED) is 0.848. The topological polar surface area (TPSA) is 94.7 Å². The van der Waals surface area contributed by atoms with E-state index in [2.05, 4.69) is 14.5 Å². The van der Waals surface area contributed by atoms with E-state index in [0.29, 0.717) is 6.20 Å². The normalized spacial score (nSPS) is 11.2. The third-order valence-electron chi connectivity index (χ3n) is 1.91. The van der Waals surface area contributed by atoms with Crippen molar-refractivity contribution in [2.75, 3.05) is 7.11 Å². The van der Waals surface area contributed by atoms with E-state index in [1.54, 1.807) is 0 Å². The van der Waals surface area contributed by atoms with Crippen molar-refractivity contribution in [3.05, 3.63) is 17.5 Å². The standard InChI is InChI=1S/C9H9F3N2O4/c1-17-7-5(18-9(10,11)12)3-14-4(2-13)6(7)8(15)16/h3H,2,13H2,1H3,(H,15,16). The fraction of sp³-hybridized carbons (Fsp3) is 0.333. The minimum absolute atomic E-state index is 0.103. The SMILES string of the molecule is COc1c(OC(F)(F)F)cnc(CN)c1C(=O)O. The Balaban J connectivity index is 3.38. The smallest absolute Gasteiger partial charge is 0.492 e. The second-order valence-electron chi connectivity index (χ2n) is 3.03. The molecule has 0 unspecified atom stereocenters. The summed E-state index contributed by atoms with van der Waals surface area (Å²) in [5.41, 5.74) is 4.59. The van der Waals surface area contributed by atoms with E-state index >= 15 is 0 Å². The highest BCUT2D eigenvalue weighted by Crippen LogP contribution is 2.35. The third kappa shape index (κ3) is 3.00. The van der Waals surface area contributed by atoms with Crippen LogP contribution in [0.15, 0.2) is 6.20 Å². The van der Waals surface area contributed by atoms with Crippen molar-refractivity contribution in [1.29, 1.82) is 0 Å². The van der Waals surface area contributed by atoms with Gasteiger partial charge < -0.3 is 20.3 Å². The number of carbonyl (C=O) groups is 1. The number of hydrogen-bond donors (Lipinski definition) is 2. The van der Waals surface area contributed by atoms with Gasteiger partial charge in [-0.25, -0.2) is 4.79 Å². The molecule has 0 bridgehead atoms. The highest BCUT2D eigenvalue weighted by molar-refractivity contribution is 5.93. The monoisotopic (exact) mass is 266 g/mol. The molecule has 0 spiro atoms. The Bertz CT molecular complexity index is 462. The second-order valence-corrected chi connectivity index (χ2v) is 3.03. The molecule has 1 aromatic rings. The molecule has 9 heteroatoms. The molecule has 0 saturated heterocycles. The van der Waals surface area contributed by atoms with Crippen LogP contribution in [0.1, 0.15) is 16.1 Å². The van der Waals surface area contributed by atoms with E-state index in [0.717, 1.165) is 7.11 Å². The maximum absolute atomic E-state index is 12.1. The number of halogens is 3. The lowest BCUT2D eigenvalue weighted by molar-refractivity contribution is -0.275. The summed E-state index contributed by atoms with van der Waals surface area (Å²) >= 11 is 0. The number of nitrogens with zero attached hydrogens (tertiary/aromatic N) is 1. The first-order chi connectivity index (χ1) is 8.30. The van der Waals surface area contributed by atoms with Crippen LogP contribution in [-0.4, -0.2) is 29.5 Å². The zero-order valence-corrected chi connectivity index (χ0v) is 9.11. The van der Waals surface area contributed by atoms with E-state index in [9.17, 15) is 18.0 Å². The lowest BCUT2D eigenvalue weighted by Crippen LogP contribution is -2.19. The third-order valence-corrected chi connectivity index (χ3v) is 1.91. The molecule has 18 heavy (non-hydrogen) atoms. The summed E-state index contributed by atoms with van der Waals surface area (Å²) in [6, 6.07) is 0. The van der Waals surface area contributed by atoms with Gasteiger partial charge in [-0.05, 0) is 0 Å². The molecule has 0 fully saturated rings. The van der Waals surface area contributed by atoms with Crippen molar-refractivity contribution in [2.45, 2.75) is 12.9 Å². The van der Waals surface area contributed by atoms with Gasteiger partial charge in [0.15, 0.2) is 11.5 Å². The minimum atomic E-state index is -4.98. The van der Waals surface area contributed by atoms with Gasteiger partial charge in [-0.3, -0.25) is 4.98 Å². The van der Waals surface area contributed by atoms with Crippen LogP contribution < -0.4 is 15.2 Å². The molecule has 0 aliphatic heterocycles. The number of carboxylic acid groups (broad SMARTS) is 1. The number of hydrogen-bond acceptors (Lipinski definition) is 5. The lowest BCUT2D eigenvalue weighted by atomic mass is 10.1. The van der Waals surface area contributed by atoms with Crippen molar-refractivity contribution in [3.8, 4) is 11.5 Å². The van der Waals surface area contributed by atoms with Crippen LogP contribution in [0, 0.1) is 0 Å². The number of aromatic nitrogens is 1. The molecule has 0 aliphatic rings. The Kier molecular flexibility index (Phi) is 3.96. The van der Waals surface area contributed by atoms with Crippen LogP contribution in [0.25, 0.3) is 0 Å². The molecule has 0 radical (unpaired) electrons. The Morgan fingerprint density at radius 3 is 2.56 bits per heavy atom. The summed E-state index contributed by atoms with van der Waals surface area (Å²) in [5, 5.41) is 8.92. The molecule has 0 aromatic carbocycles. The molecule has 0 atom stereocenters. The van der Waals surface area contributed by atoms with Gasteiger partial charge in [-0.1, -0.05) is 0 Å². The minimum Gasteiger partial charge on any atom is -0.492 e. The van der Waals surface area contributed by atoms with Crippen LogP contribution in [0.2, 0.25) is 0 Å². The number of ether oxygens (including phenoxy) is 2. The van der Waals surface area contributed by atoms with Crippen molar-refractivity contribution in [1.82, 2.24) is 4.98 Å². The Morgan fingerprint density at radius 2 is 2.17 bits per heavy atom. The number of rotatable bonds is 4. The second kappa shape index (κ2) is 5.08. The number of carboxylic acids is 1. The van der Waals surface area contributed by atoms with Crippen LogP contribution >= 0.6 is 0 Å². The number of alkyl halides is 3. The predicted molar refractivity (Wildman–Crippen MR) is 52.3 cm³/mol. The summed E-state index contributed by atoms with van der Waals surface area (Å²) in [6.07, 6.45) is -4.27. The van der Waals surface area contributed by atoms with E-state index in [-0.39, 0.29) is 12.2 Å². The molecule has 0 amide bonds. The maximum Gasteiger partial charge on any atom is 0.573 e. The fourth-order valence-corrected chi connectivity index (χ4v) is 1.29. The summed E-state index contributed by atoms with van der Waals surface area (Å²) in [5.74, 6) is -2.91. The van der Waals surface area contributed by atoms with Crippen molar-refractivity contribution >= 4 is 5.97 Å². The molecule has 0 saturated carbocycles. The van der Waals surface area contributed by atoms with Crippen molar-refractivity contribution in [3.63, 3.8) is 0 Å². The van der Waals surface area contributed by atoms with Gasteiger partial charge in [0.1, 0.15) is 5.56 Å². The summed E-state index contributed by atoms with van der Waals surface area (Å²) in [7, 11) is 1.02. The highest BCUT2D eigenvalue weighted by Gasteiger charge is 2.34. The maximum atomic E-state index is 12.1. The first-order valence-electron chi connectivity index (χ1n) is 4.55. The number of nitrogens with two attached hydrogens (primary N) is 1.